The summed E-state index contributed by atoms with van der Waals surface area (Å²) in [6, 6.07) is 17.4. The number of hydrogen-bond acceptors (Lipinski definition) is 7. The maximum atomic E-state index is 12.7. The number of fused-ring (bicyclic) bond motifs is 1. The van der Waals surface area contributed by atoms with E-state index in [9.17, 15) is 9.59 Å². The molecule has 2 N–H and O–H groups in total. The summed E-state index contributed by atoms with van der Waals surface area (Å²) in [6.45, 7) is 1.50. The van der Waals surface area contributed by atoms with E-state index in [0.29, 0.717) is 39.6 Å². The number of hydrogen-bond donors (Lipinski definition) is 2. The zero-order valence-electron chi connectivity index (χ0n) is 19.7. The Morgan fingerprint density at radius 2 is 1.60 bits per heavy atom. The number of methoxy groups -OCH3 is 3. The van der Waals surface area contributed by atoms with Crippen LogP contribution in [0.5, 0.6) is 17.2 Å². The van der Waals surface area contributed by atoms with Crippen LogP contribution in [-0.4, -0.2) is 49.3 Å². The lowest BCUT2D eigenvalue weighted by Gasteiger charge is -2.15. The Balaban J connectivity index is 1.45. The lowest BCUT2D eigenvalue weighted by Crippen LogP contribution is -2.30. The molecule has 0 aliphatic rings. The molecule has 9 nitrogen and oxygen atoms in total. The van der Waals surface area contributed by atoms with E-state index in [1.807, 2.05) is 24.3 Å². The third-order valence-corrected chi connectivity index (χ3v) is 5.40. The molecule has 35 heavy (non-hydrogen) atoms. The largest absolute Gasteiger partial charge is 0.497 e. The molecule has 1 amide bonds. The fourth-order valence-electron chi connectivity index (χ4n) is 3.44. The van der Waals surface area contributed by atoms with E-state index >= 15 is 0 Å². The molecule has 0 aliphatic heterocycles. The van der Waals surface area contributed by atoms with Gasteiger partial charge in [0.2, 0.25) is 0 Å². The van der Waals surface area contributed by atoms with Crippen LogP contribution in [0.1, 0.15) is 17.3 Å². The van der Waals surface area contributed by atoms with E-state index in [1.54, 1.807) is 43.5 Å². The summed E-state index contributed by atoms with van der Waals surface area (Å²) in [4.78, 5) is 33.1. The van der Waals surface area contributed by atoms with Gasteiger partial charge in [-0.05, 0) is 61.5 Å². The molecule has 1 atom stereocenters. The topological polar surface area (TPSA) is 112 Å². The van der Waals surface area contributed by atoms with E-state index < -0.39 is 18.0 Å². The van der Waals surface area contributed by atoms with E-state index in [-0.39, 0.29) is 0 Å². The number of amides is 1. The Labute approximate surface area is 202 Å². The molecule has 1 unspecified atom stereocenters. The van der Waals surface area contributed by atoms with E-state index in [2.05, 4.69) is 15.3 Å². The number of benzene rings is 3. The molecule has 0 bridgehead atoms. The fourth-order valence-corrected chi connectivity index (χ4v) is 3.44. The Kier molecular flexibility index (Phi) is 6.86. The van der Waals surface area contributed by atoms with Gasteiger partial charge in [0.1, 0.15) is 23.1 Å². The Morgan fingerprint density at radius 1 is 0.886 bits per heavy atom. The highest BCUT2D eigenvalue weighted by Crippen LogP contribution is 2.29. The summed E-state index contributed by atoms with van der Waals surface area (Å²) in [7, 11) is 4.63. The molecule has 3 aromatic carbocycles. The molecule has 4 aromatic rings. The number of rotatable bonds is 8. The highest BCUT2D eigenvalue weighted by molar-refractivity contribution is 5.99. The predicted molar refractivity (Wildman–Crippen MR) is 131 cm³/mol. The number of nitrogens with one attached hydrogen (secondary N) is 2. The minimum atomic E-state index is -1.04. The summed E-state index contributed by atoms with van der Waals surface area (Å²) in [6.07, 6.45) is -1.04. The minimum absolute atomic E-state index is 0.295. The van der Waals surface area contributed by atoms with Gasteiger partial charge in [0.15, 0.2) is 6.10 Å². The highest BCUT2D eigenvalue weighted by atomic mass is 16.5. The number of anilines is 1. The summed E-state index contributed by atoms with van der Waals surface area (Å²) in [5, 5.41) is 2.71. The van der Waals surface area contributed by atoms with Crippen molar-refractivity contribution in [1.82, 2.24) is 9.97 Å². The smallest absolute Gasteiger partial charge is 0.338 e. The average Bonchev–Trinajstić information content (AvgIpc) is 3.32. The van der Waals surface area contributed by atoms with Crippen molar-refractivity contribution in [1.29, 1.82) is 0 Å². The first-order valence-electron chi connectivity index (χ1n) is 10.8. The molecule has 0 spiro atoms. The number of ether oxygens (including phenoxy) is 4. The number of nitrogens with zero attached hydrogens (tertiary/aromatic N) is 1. The lowest BCUT2D eigenvalue weighted by atomic mass is 10.2. The molecule has 1 heterocycles. The maximum Gasteiger partial charge on any atom is 0.338 e. The zero-order valence-corrected chi connectivity index (χ0v) is 19.7. The summed E-state index contributed by atoms with van der Waals surface area (Å²) in [5.74, 6) is 1.30. The molecular formula is C26H25N3O6. The van der Waals surface area contributed by atoms with Gasteiger partial charge in [-0.3, -0.25) is 4.79 Å². The van der Waals surface area contributed by atoms with Crippen LogP contribution in [0.15, 0.2) is 60.7 Å². The Morgan fingerprint density at radius 3 is 2.29 bits per heavy atom. The van der Waals surface area contributed by atoms with Crippen molar-refractivity contribution in [2.24, 2.45) is 0 Å². The van der Waals surface area contributed by atoms with Crippen molar-refractivity contribution >= 4 is 28.6 Å². The SMILES string of the molecule is COc1ccc(-c2nc3ccc(C(=O)OC(C)C(=O)Nc4ccc(OC)cc4OC)cc3[nH]2)cc1. The van der Waals surface area contributed by atoms with Crippen LogP contribution in [0.25, 0.3) is 22.4 Å². The average molecular weight is 476 g/mol. The Hall–Kier alpha value is -4.53. The normalized spacial score (nSPS) is 11.5. The van der Waals surface area contributed by atoms with Crippen LogP contribution in [-0.2, 0) is 9.53 Å². The van der Waals surface area contributed by atoms with Crippen molar-refractivity contribution in [3.05, 3.63) is 66.2 Å². The molecule has 4 rings (SSSR count). The molecule has 0 fully saturated rings. The first kappa shape index (κ1) is 23.6. The second kappa shape index (κ2) is 10.2. The van der Waals surface area contributed by atoms with Gasteiger partial charge < -0.3 is 29.2 Å². The van der Waals surface area contributed by atoms with Gasteiger partial charge >= 0.3 is 5.97 Å². The minimum Gasteiger partial charge on any atom is -0.497 e. The molecule has 9 heteroatoms. The second-order valence-corrected chi connectivity index (χ2v) is 7.65. The second-order valence-electron chi connectivity index (χ2n) is 7.65. The number of aromatic nitrogens is 2. The van der Waals surface area contributed by atoms with Gasteiger partial charge in [0.05, 0.1) is 43.6 Å². The molecular weight excluding hydrogens is 450 g/mol. The number of esters is 1. The third-order valence-electron chi connectivity index (χ3n) is 5.40. The van der Waals surface area contributed by atoms with Crippen molar-refractivity contribution in [3.8, 4) is 28.6 Å². The van der Waals surface area contributed by atoms with Crippen molar-refractivity contribution < 1.29 is 28.5 Å². The number of carbonyl (C=O) groups is 2. The predicted octanol–water partition coefficient (Wildman–Crippen LogP) is 4.44. The van der Waals surface area contributed by atoms with Crippen LogP contribution in [0.2, 0.25) is 0 Å². The zero-order chi connectivity index (χ0) is 24.9. The van der Waals surface area contributed by atoms with E-state index in [0.717, 1.165) is 11.3 Å². The first-order valence-corrected chi connectivity index (χ1v) is 10.8. The van der Waals surface area contributed by atoms with Gasteiger partial charge in [-0.2, -0.15) is 0 Å². The van der Waals surface area contributed by atoms with Crippen LogP contribution in [0, 0.1) is 0 Å². The van der Waals surface area contributed by atoms with E-state index in [4.69, 9.17) is 18.9 Å². The van der Waals surface area contributed by atoms with Gasteiger partial charge in [-0.1, -0.05) is 0 Å². The van der Waals surface area contributed by atoms with Crippen molar-refractivity contribution in [2.75, 3.05) is 26.6 Å². The standard InChI is InChI=1S/C26H25N3O6/c1-15(25(30)29-21-12-10-19(33-3)14-23(21)34-4)35-26(31)17-7-11-20-22(13-17)28-24(27-20)16-5-8-18(32-2)9-6-16/h5-15H,1-4H3,(H,27,28)(H,29,30). The highest BCUT2D eigenvalue weighted by Gasteiger charge is 2.21. The lowest BCUT2D eigenvalue weighted by molar-refractivity contribution is -0.123. The van der Waals surface area contributed by atoms with Gasteiger partial charge in [-0.15, -0.1) is 0 Å². The molecule has 0 saturated heterocycles. The fraction of sp³-hybridized carbons (Fsp3) is 0.192. The van der Waals surface area contributed by atoms with Crippen LogP contribution in [0.3, 0.4) is 0 Å². The van der Waals surface area contributed by atoms with E-state index in [1.165, 1.54) is 21.1 Å². The number of aromatic amines is 1. The third kappa shape index (κ3) is 5.19. The summed E-state index contributed by atoms with van der Waals surface area (Å²) < 4.78 is 21.0. The first-order chi connectivity index (χ1) is 16.9. The van der Waals surface area contributed by atoms with Gasteiger partial charge in [0, 0.05) is 11.6 Å². The van der Waals surface area contributed by atoms with Crippen molar-refractivity contribution in [2.45, 2.75) is 13.0 Å². The Bertz CT molecular complexity index is 1360. The van der Waals surface area contributed by atoms with Crippen LogP contribution < -0.4 is 19.5 Å². The molecule has 0 aliphatic carbocycles. The number of carbonyl (C=O) groups excluding carboxylic acids is 2. The molecule has 1 aromatic heterocycles. The maximum absolute atomic E-state index is 12.7. The number of H-pyrrole nitrogens is 1. The molecule has 0 radical (unpaired) electrons. The number of imidazole rings is 1. The molecule has 180 valence electrons. The molecule has 0 saturated carbocycles. The van der Waals surface area contributed by atoms with Gasteiger partial charge in [0.25, 0.3) is 5.91 Å². The van der Waals surface area contributed by atoms with Crippen LogP contribution >= 0.6 is 0 Å². The quantitative estimate of drug-likeness (QED) is 0.362. The summed E-state index contributed by atoms with van der Waals surface area (Å²) >= 11 is 0. The summed E-state index contributed by atoms with van der Waals surface area (Å²) in [5.41, 5.74) is 2.98. The van der Waals surface area contributed by atoms with Crippen LogP contribution in [0.4, 0.5) is 5.69 Å². The van der Waals surface area contributed by atoms with Crippen molar-refractivity contribution in [3.63, 3.8) is 0 Å². The monoisotopic (exact) mass is 475 g/mol. The van der Waals surface area contributed by atoms with Gasteiger partial charge in [-0.25, -0.2) is 9.78 Å².